The number of sulfonamides is 1. The maximum atomic E-state index is 15.1. The van der Waals surface area contributed by atoms with Crippen LogP contribution in [0.5, 0.6) is 0 Å². The van der Waals surface area contributed by atoms with E-state index >= 15 is 4.39 Å². The standard InChI is InChI=1S/C29H41ClFN3O4S/c1-18-11-13-23(31)25(19(18)2)20(3)26(28(35)38-29(4,5)6)33-39(36,37)24-14-12-22(30)21(27(24)32-7)17-34-15-9-8-10-16-34/h11-14,20,26,32-33H,8-10,15-17H2,1-7H3/t20?,26-/m0/s1. The number of aryl methyl sites for hydroxylation is 1. The van der Waals surface area contributed by atoms with E-state index in [2.05, 4.69) is 14.9 Å². The predicted molar refractivity (Wildman–Crippen MR) is 154 cm³/mol. The molecule has 0 aliphatic carbocycles. The summed E-state index contributed by atoms with van der Waals surface area (Å²) in [7, 11) is -2.64. The predicted octanol–water partition coefficient (Wildman–Crippen LogP) is 5.92. The van der Waals surface area contributed by atoms with Gasteiger partial charge in [-0.25, -0.2) is 12.8 Å². The van der Waals surface area contributed by atoms with E-state index in [1.807, 2.05) is 6.92 Å². The highest BCUT2D eigenvalue weighted by atomic mass is 35.5. The molecule has 1 aliphatic heterocycles. The Morgan fingerprint density at radius 1 is 1.13 bits per heavy atom. The van der Waals surface area contributed by atoms with Crippen molar-refractivity contribution < 1.29 is 22.3 Å². The van der Waals surface area contributed by atoms with Gasteiger partial charge in [0.1, 0.15) is 22.4 Å². The third kappa shape index (κ3) is 7.51. The van der Waals surface area contributed by atoms with Crippen LogP contribution in [0.15, 0.2) is 29.2 Å². The molecule has 0 aromatic heterocycles. The van der Waals surface area contributed by atoms with E-state index < -0.39 is 39.4 Å². The van der Waals surface area contributed by atoms with Crippen LogP contribution in [-0.4, -0.2) is 51.1 Å². The number of piperidine rings is 1. The van der Waals surface area contributed by atoms with Crippen molar-refractivity contribution in [2.24, 2.45) is 0 Å². The molecule has 2 aromatic carbocycles. The maximum absolute atomic E-state index is 15.1. The Labute approximate surface area is 237 Å². The van der Waals surface area contributed by atoms with Crippen molar-refractivity contribution in [2.75, 3.05) is 25.5 Å². The average molecular weight is 582 g/mol. The lowest BCUT2D eigenvalue weighted by Gasteiger charge is -2.30. The van der Waals surface area contributed by atoms with Gasteiger partial charge in [-0.15, -0.1) is 0 Å². The fourth-order valence-electron chi connectivity index (χ4n) is 5.07. The number of nitrogens with zero attached hydrogens (tertiary/aromatic N) is 1. The highest BCUT2D eigenvalue weighted by Gasteiger charge is 2.37. The minimum atomic E-state index is -4.28. The van der Waals surface area contributed by atoms with Crippen molar-refractivity contribution >= 4 is 33.3 Å². The molecule has 216 valence electrons. The molecular weight excluding hydrogens is 541 g/mol. The summed E-state index contributed by atoms with van der Waals surface area (Å²) >= 11 is 6.56. The molecule has 0 amide bonds. The summed E-state index contributed by atoms with van der Waals surface area (Å²) in [5, 5.41) is 3.48. The van der Waals surface area contributed by atoms with Crippen LogP contribution in [0.4, 0.5) is 10.1 Å². The minimum absolute atomic E-state index is 0.0383. The van der Waals surface area contributed by atoms with Gasteiger partial charge in [-0.05, 0) is 95.4 Å². The zero-order valence-electron chi connectivity index (χ0n) is 24.0. The van der Waals surface area contributed by atoms with Crippen molar-refractivity contribution in [2.45, 2.75) is 89.8 Å². The second-order valence-electron chi connectivity index (χ2n) is 11.3. The number of hydrogen-bond acceptors (Lipinski definition) is 6. The molecule has 0 radical (unpaired) electrons. The first-order valence-electron chi connectivity index (χ1n) is 13.4. The molecule has 7 nitrogen and oxygen atoms in total. The van der Waals surface area contributed by atoms with Crippen molar-refractivity contribution in [1.82, 2.24) is 9.62 Å². The first-order valence-corrected chi connectivity index (χ1v) is 15.2. The molecule has 0 saturated carbocycles. The van der Waals surface area contributed by atoms with Crippen molar-refractivity contribution in [1.29, 1.82) is 0 Å². The van der Waals surface area contributed by atoms with Gasteiger partial charge < -0.3 is 10.1 Å². The number of ether oxygens (including phenoxy) is 1. The molecular formula is C29H41ClFN3O4S. The van der Waals surface area contributed by atoms with Crippen LogP contribution in [0, 0.1) is 19.7 Å². The molecule has 2 aromatic rings. The van der Waals surface area contributed by atoms with Crippen molar-refractivity contribution in [3.05, 3.63) is 57.4 Å². The smallest absolute Gasteiger partial charge is 0.325 e. The molecule has 1 heterocycles. The van der Waals surface area contributed by atoms with E-state index in [9.17, 15) is 13.2 Å². The van der Waals surface area contributed by atoms with Crippen LogP contribution in [0.2, 0.25) is 5.02 Å². The fourth-order valence-corrected chi connectivity index (χ4v) is 6.80. The number of hydrogen-bond donors (Lipinski definition) is 2. The van der Waals surface area contributed by atoms with E-state index in [-0.39, 0.29) is 10.5 Å². The summed E-state index contributed by atoms with van der Waals surface area (Å²) in [6.45, 7) is 12.6. The van der Waals surface area contributed by atoms with Crippen LogP contribution >= 0.6 is 11.6 Å². The largest absolute Gasteiger partial charge is 0.459 e. The van der Waals surface area contributed by atoms with Crippen LogP contribution in [0.25, 0.3) is 0 Å². The van der Waals surface area contributed by atoms with E-state index in [4.69, 9.17) is 16.3 Å². The Balaban J connectivity index is 2.06. The van der Waals surface area contributed by atoms with E-state index in [0.717, 1.165) is 31.5 Å². The van der Waals surface area contributed by atoms with Crippen LogP contribution < -0.4 is 10.0 Å². The number of carbonyl (C=O) groups is 1. The lowest BCUT2D eigenvalue weighted by Crippen LogP contribution is -2.47. The Kier molecular flexibility index (Phi) is 10.1. The van der Waals surface area contributed by atoms with Gasteiger partial charge in [-0.1, -0.05) is 31.0 Å². The lowest BCUT2D eigenvalue weighted by molar-refractivity contribution is -0.157. The van der Waals surface area contributed by atoms with E-state index in [0.29, 0.717) is 28.4 Å². The molecule has 39 heavy (non-hydrogen) atoms. The Morgan fingerprint density at radius 2 is 1.77 bits per heavy atom. The number of halogens is 2. The summed E-state index contributed by atoms with van der Waals surface area (Å²) in [6, 6.07) is 4.60. The molecule has 1 aliphatic rings. The molecule has 2 atom stereocenters. The molecule has 0 bridgehead atoms. The number of anilines is 1. The topological polar surface area (TPSA) is 87.7 Å². The Hall–Kier alpha value is -2.20. The number of nitrogens with one attached hydrogen (secondary N) is 2. The molecule has 0 spiro atoms. The van der Waals surface area contributed by atoms with Gasteiger partial charge >= 0.3 is 5.97 Å². The molecule has 10 heteroatoms. The number of likely N-dealkylation sites (tertiary alicyclic amines) is 1. The normalized spacial score (nSPS) is 16.5. The summed E-state index contributed by atoms with van der Waals surface area (Å²) in [4.78, 5) is 15.6. The van der Waals surface area contributed by atoms with Gasteiger partial charge in [0.05, 0.1) is 5.69 Å². The van der Waals surface area contributed by atoms with Crippen LogP contribution in [0.1, 0.15) is 75.1 Å². The third-order valence-electron chi connectivity index (χ3n) is 7.22. The van der Waals surface area contributed by atoms with Crippen molar-refractivity contribution in [3.8, 4) is 0 Å². The minimum Gasteiger partial charge on any atom is -0.459 e. The van der Waals surface area contributed by atoms with Gasteiger partial charge in [0.15, 0.2) is 0 Å². The van der Waals surface area contributed by atoms with Crippen molar-refractivity contribution in [3.63, 3.8) is 0 Å². The quantitative estimate of drug-likeness (QED) is 0.358. The van der Waals surface area contributed by atoms with Crippen LogP contribution in [-0.2, 0) is 26.1 Å². The molecule has 1 fully saturated rings. The van der Waals surface area contributed by atoms with Gasteiger partial charge in [-0.2, -0.15) is 4.72 Å². The SMILES string of the molecule is CNc1c(S(=O)(=O)N[C@H](C(=O)OC(C)(C)C)C(C)c2c(F)ccc(C)c2C)ccc(Cl)c1CN1CCCCC1. The second-order valence-corrected chi connectivity index (χ2v) is 13.4. The zero-order valence-corrected chi connectivity index (χ0v) is 25.5. The van der Waals surface area contributed by atoms with Gasteiger partial charge in [0, 0.05) is 30.1 Å². The van der Waals surface area contributed by atoms with E-state index in [1.165, 1.54) is 18.6 Å². The number of benzene rings is 2. The van der Waals surface area contributed by atoms with Gasteiger partial charge in [0.25, 0.3) is 0 Å². The second kappa shape index (κ2) is 12.5. The zero-order chi connectivity index (χ0) is 29.1. The summed E-state index contributed by atoms with van der Waals surface area (Å²) in [5.41, 5.74) is 1.92. The third-order valence-corrected chi connectivity index (χ3v) is 9.06. The first-order chi connectivity index (χ1) is 18.2. The molecule has 1 unspecified atom stereocenters. The average Bonchev–Trinajstić information content (AvgIpc) is 2.85. The van der Waals surface area contributed by atoms with Gasteiger partial charge in [0.2, 0.25) is 10.0 Å². The molecule has 3 rings (SSSR count). The Morgan fingerprint density at radius 3 is 2.36 bits per heavy atom. The lowest BCUT2D eigenvalue weighted by atomic mass is 9.88. The monoisotopic (exact) mass is 581 g/mol. The van der Waals surface area contributed by atoms with Crippen LogP contribution in [0.3, 0.4) is 0 Å². The van der Waals surface area contributed by atoms with Gasteiger partial charge in [-0.3, -0.25) is 9.69 Å². The summed E-state index contributed by atoms with van der Waals surface area (Å²) in [5.74, 6) is -2.15. The first kappa shape index (κ1) is 31.3. The highest BCUT2D eigenvalue weighted by Crippen LogP contribution is 2.35. The summed E-state index contributed by atoms with van der Waals surface area (Å²) < 4.78 is 51.1. The summed E-state index contributed by atoms with van der Waals surface area (Å²) in [6.07, 6.45) is 3.33. The Bertz CT molecular complexity index is 1300. The number of esters is 1. The highest BCUT2D eigenvalue weighted by molar-refractivity contribution is 7.89. The number of rotatable bonds is 9. The molecule has 2 N–H and O–H groups in total. The number of carbonyl (C=O) groups excluding carboxylic acids is 1. The van der Waals surface area contributed by atoms with E-state index in [1.54, 1.807) is 53.8 Å². The fraction of sp³-hybridized carbons (Fsp3) is 0.552. The molecule has 1 saturated heterocycles. The maximum Gasteiger partial charge on any atom is 0.325 e.